The molecule has 15 heavy (non-hydrogen) atoms. The molecule has 0 aromatic heterocycles. The maximum atomic E-state index is 11.7. The molecule has 0 radical (unpaired) electrons. The summed E-state index contributed by atoms with van der Waals surface area (Å²) in [5.74, 6) is 1.33. The molecule has 4 nitrogen and oxygen atoms in total. The first kappa shape index (κ1) is 12.2. The molecule has 0 bridgehead atoms. The number of hydrogen-bond acceptors (Lipinski definition) is 4. The molecule has 1 saturated heterocycles. The molecular weight excluding hydrogens is 212 g/mol. The van der Waals surface area contributed by atoms with Gasteiger partial charge in [-0.25, -0.2) is 4.79 Å². The molecule has 1 fully saturated rings. The van der Waals surface area contributed by atoms with Crippen molar-refractivity contribution >= 4 is 17.9 Å². The molecule has 1 heterocycles. The second-order valence-corrected chi connectivity index (χ2v) is 5.66. The third-order valence-corrected chi connectivity index (χ3v) is 3.56. The van der Waals surface area contributed by atoms with Gasteiger partial charge in [0.05, 0.1) is 6.07 Å². The Morgan fingerprint density at radius 1 is 1.53 bits per heavy atom. The molecule has 0 N–H and O–H groups in total. The topological polar surface area (TPSA) is 53.3 Å². The highest BCUT2D eigenvalue weighted by Gasteiger charge is 2.45. The zero-order valence-corrected chi connectivity index (χ0v) is 10.3. The average molecular weight is 228 g/mol. The van der Waals surface area contributed by atoms with E-state index in [4.69, 9.17) is 10.00 Å². The van der Waals surface area contributed by atoms with Crippen molar-refractivity contribution in [2.75, 3.05) is 18.6 Å². The smallest absolute Gasteiger partial charge is 0.411 e. The van der Waals surface area contributed by atoms with E-state index >= 15 is 0 Å². The summed E-state index contributed by atoms with van der Waals surface area (Å²) in [5.41, 5.74) is -1.17. The van der Waals surface area contributed by atoms with Crippen LogP contribution in [-0.4, -0.2) is 40.7 Å². The van der Waals surface area contributed by atoms with Gasteiger partial charge in [-0.15, -0.1) is 0 Å². The lowest BCUT2D eigenvalue weighted by Crippen LogP contribution is -2.58. The standard InChI is InChI=1S/C10H16N2O2S/c1-9(2,3)14-8(13)12(4)10(5-11)6-15-7-10/h6-7H2,1-4H3. The van der Waals surface area contributed by atoms with Crippen molar-refractivity contribution in [1.29, 1.82) is 5.26 Å². The number of thioether (sulfide) groups is 1. The van der Waals surface area contributed by atoms with Gasteiger partial charge in [-0.2, -0.15) is 17.0 Å². The molecule has 0 atom stereocenters. The van der Waals surface area contributed by atoms with Gasteiger partial charge in [0.25, 0.3) is 0 Å². The Morgan fingerprint density at radius 2 is 2.07 bits per heavy atom. The van der Waals surface area contributed by atoms with Crippen LogP contribution >= 0.6 is 11.8 Å². The van der Waals surface area contributed by atoms with E-state index in [-0.39, 0.29) is 0 Å². The molecule has 1 rings (SSSR count). The van der Waals surface area contributed by atoms with Crippen molar-refractivity contribution < 1.29 is 9.53 Å². The number of carbonyl (C=O) groups is 1. The van der Waals surface area contributed by atoms with Crippen molar-refractivity contribution in [1.82, 2.24) is 4.90 Å². The Morgan fingerprint density at radius 3 is 2.33 bits per heavy atom. The first-order chi connectivity index (χ1) is 6.81. The van der Waals surface area contributed by atoms with Crippen molar-refractivity contribution in [3.8, 4) is 6.07 Å². The summed E-state index contributed by atoms with van der Waals surface area (Å²) >= 11 is 1.66. The molecular formula is C10H16N2O2S. The van der Waals surface area contributed by atoms with Crippen LogP contribution in [-0.2, 0) is 4.74 Å². The number of amides is 1. The fourth-order valence-electron chi connectivity index (χ4n) is 1.13. The summed E-state index contributed by atoms with van der Waals surface area (Å²) < 4.78 is 5.21. The van der Waals surface area contributed by atoms with Crippen molar-refractivity contribution in [2.45, 2.75) is 31.9 Å². The van der Waals surface area contributed by atoms with Crippen molar-refractivity contribution in [3.63, 3.8) is 0 Å². The average Bonchev–Trinajstić information content (AvgIpc) is 1.99. The molecule has 84 valence electrons. The SMILES string of the molecule is CN(C(=O)OC(C)(C)C)C1(C#N)CSC1. The zero-order chi connectivity index (χ0) is 11.7. The Labute approximate surface area is 94.6 Å². The molecule has 0 unspecified atom stereocenters. The second-order valence-electron chi connectivity index (χ2n) is 4.68. The van der Waals surface area contributed by atoms with Gasteiger partial charge in [0.15, 0.2) is 5.54 Å². The number of rotatable bonds is 1. The summed E-state index contributed by atoms with van der Waals surface area (Å²) in [6, 6.07) is 2.19. The van der Waals surface area contributed by atoms with E-state index in [2.05, 4.69) is 6.07 Å². The third-order valence-electron chi connectivity index (χ3n) is 2.20. The van der Waals surface area contributed by atoms with E-state index < -0.39 is 17.2 Å². The van der Waals surface area contributed by atoms with Gasteiger partial charge < -0.3 is 4.74 Å². The quantitative estimate of drug-likeness (QED) is 0.687. The monoisotopic (exact) mass is 228 g/mol. The lowest BCUT2D eigenvalue weighted by atomic mass is 10.1. The van der Waals surface area contributed by atoms with Gasteiger partial charge in [0.2, 0.25) is 0 Å². The predicted octanol–water partition coefficient (Wildman–Crippen LogP) is 1.86. The number of nitrogens with zero attached hydrogens (tertiary/aromatic N) is 2. The normalized spacial score (nSPS) is 18.6. The Hall–Kier alpha value is -0.890. The van der Waals surface area contributed by atoms with Gasteiger partial charge in [-0.3, -0.25) is 4.90 Å². The lowest BCUT2D eigenvalue weighted by molar-refractivity contribution is 0.0182. The van der Waals surface area contributed by atoms with Gasteiger partial charge in [0, 0.05) is 18.6 Å². The fraction of sp³-hybridized carbons (Fsp3) is 0.800. The van der Waals surface area contributed by atoms with Crippen LogP contribution in [0.1, 0.15) is 20.8 Å². The molecule has 0 saturated carbocycles. The van der Waals surface area contributed by atoms with Crippen LogP contribution in [0.2, 0.25) is 0 Å². The van der Waals surface area contributed by atoms with Crippen molar-refractivity contribution in [3.05, 3.63) is 0 Å². The summed E-state index contributed by atoms with van der Waals surface area (Å²) in [7, 11) is 1.62. The minimum absolute atomic E-state index is 0.427. The van der Waals surface area contributed by atoms with E-state index in [1.54, 1.807) is 18.8 Å². The minimum atomic E-state index is -0.660. The first-order valence-corrected chi connectivity index (χ1v) is 5.92. The van der Waals surface area contributed by atoms with Crippen LogP contribution in [0.3, 0.4) is 0 Å². The van der Waals surface area contributed by atoms with Gasteiger partial charge in [0.1, 0.15) is 5.60 Å². The Bertz CT molecular complexity index is 300. The first-order valence-electron chi connectivity index (χ1n) is 4.76. The molecule has 0 spiro atoms. The highest BCUT2D eigenvalue weighted by atomic mass is 32.2. The lowest BCUT2D eigenvalue weighted by Gasteiger charge is -2.42. The Balaban J connectivity index is 2.65. The molecule has 0 aliphatic carbocycles. The van der Waals surface area contributed by atoms with E-state index in [1.807, 2.05) is 20.8 Å². The summed E-state index contributed by atoms with van der Waals surface area (Å²) in [5, 5.41) is 9.04. The summed E-state index contributed by atoms with van der Waals surface area (Å²) in [6.45, 7) is 5.44. The maximum absolute atomic E-state index is 11.7. The maximum Gasteiger partial charge on any atom is 0.411 e. The summed E-state index contributed by atoms with van der Waals surface area (Å²) in [4.78, 5) is 13.1. The van der Waals surface area contributed by atoms with E-state index in [0.29, 0.717) is 11.5 Å². The predicted molar refractivity (Wildman–Crippen MR) is 59.7 cm³/mol. The van der Waals surface area contributed by atoms with Crippen LogP contribution in [0.25, 0.3) is 0 Å². The number of hydrogen-bond donors (Lipinski definition) is 0. The van der Waals surface area contributed by atoms with E-state index in [9.17, 15) is 4.79 Å². The number of nitriles is 1. The molecule has 5 heteroatoms. The van der Waals surface area contributed by atoms with E-state index in [1.165, 1.54) is 4.90 Å². The third kappa shape index (κ3) is 2.57. The number of ether oxygens (including phenoxy) is 1. The highest BCUT2D eigenvalue weighted by Crippen LogP contribution is 2.34. The van der Waals surface area contributed by atoms with Gasteiger partial charge in [-0.1, -0.05) is 0 Å². The highest BCUT2D eigenvalue weighted by molar-refractivity contribution is 8.00. The van der Waals surface area contributed by atoms with Crippen LogP contribution in [0.4, 0.5) is 4.79 Å². The Kier molecular flexibility index (Phi) is 3.19. The molecule has 0 aromatic rings. The molecule has 0 aromatic carbocycles. The van der Waals surface area contributed by atoms with Crippen molar-refractivity contribution in [2.24, 2.45) is 0 Å². The van der Waals surface area contributed by atoms with Gasteiger partial charge >= 0.3 is 6.09 Å². The minimum Gasteiger partial charge on any atom is -0.444 e. The van der Waals surface area contributed by atoms with Crippen LogP contribution < -0.4 is 0 Å². The summed E-state index contributed by atoms with van der Waals surface area (Å²) in [6.07, 6.45) is -0.427. The zero-order valence-electron chi connectivity index (χ0n) is 9.53. The van der Waals surface area contributed by atoms with E-state index in [0.717, 1.165) is 0 Å². The van der Waals surface area contributed by atoms with Gasteiger partial charge in [-0.05, 0) is 20.8 Å². The largest absolute Gasteiger partial charge is 0.444 e. The van der Waals surface area contributed by atoms with Crippen LogP contribution in [0.5, 0.6) is 0 Å². The second kappa shape index (κ2) is 3.93. The molecule has 1 aliphatic rings. The molecule has 1 aliphatic heterocycles. The van der Waals surface area contributed by atoms with Crippen LogP contribution in [0, 0.1) is 11.3 Å². The molecule has 1 amide bonds. The van der Waals surface area contributed by atoms with Crippen LogP contribution in [0.15, 0.2) is 0 Å². The fourth-order valence-corrected chi connectivity index (χ4v) is 2.24. The number of carbonyl (C=O) groups excluding carboxylic acids is 1.